The van der Waals surface area contributed by atoms with Gasteiger partial charge in [0.2, 0.25) is 0 Å². The molecule has 2 N–H and O–H groups in total. The van der Waals surface area contributed by atoms with Crippen LogP contribution in [0.2, 0.25) is 5.02 Å². The topological polar surface area (TPSA) is 41.5 Å². The fraction of sp³-hybridized carbons (Fsp3) is 0.200. The molecule has 0 spiro atoms. The van der Waals surface area contributed by atoms with Crippen molar-refractivity contribution in [1.29, 1.82) is 0 Å². The fourth-order valence-electron chi connectivity index (χ4n) is 1.89. The van der Waals surface area contributed by atoms with Gasteiger partial charge in [-0.25, -0.2) is 0 Å². The van der Waals surface area contributed by atoms with Crippen molar-refractivity contribution in [3.63, 3.8) is 0 Å². The van der Waals surface area contributed by atoms with Crippen LogP contribution in [0.25, 0.3) is 0 Å². The van der Waals surface area contributed by atoms with Gasteiger partial charge in [0.15, 0.2) is 0 Å². The van der Waals surface area contributed by atoms with Gasteiger partial charge in [0, 0.05) is 15.2 Å². The molecule has 0 aliphatic heterocycles. The quantitative estimate of drug-likeness (QED) is 0.841. The number of nitrogens with one attached hydrogen (secondary N) is 1. The Morgan fingerprint density at radius 2 is 1.95 bits per heavy atom. The molecule has 0 saturated heterocycles. The second-order valence-electron chi connectivity index (χ2n) is 4.27. The molecule has 0 saturated carbocycles. The van der Waals surface area contributed by atoms with Crippen molar-refractivity contribution in [3.05, 3.63) is 57.5 Å². The number of benzene rings is 2. The molecule has 0 aromatic heterocycles. The molecule has 1 unspecified atom stereocenters. The number of rotatable bonds is 5. The highest BCUT2D eigenvalue weighted by molar-refractivity contribution is 9.10. The number of aliphatic hydroxyl groups excluding tert-OH is 1. The maximum atomic E-state index is 9.58. The third-order valence-electron chi connectivity index (χ3n) is 2.95. The Labute approximate surface area is 131 Å². The van der Waals surface area contributed by atoms with Crippen LogP contribution in [0.3, 0.4) is 0 Å². The van der Waals surface area contributed by atoms with Gasteiger partial charge < -0.3 is 15.2 Å². The average Bonchev–Trinajstić information content (AvgIpc) is 2.46. The summed E-state index contributed by atoms with van der Waals surface area (Å²) in [6.45, 7) is -0.0482. The molecule has 0 aliphatic carbocycles. The average molecular weight is 357 g/mol. The van der Waals surface area contributed by atoms with Crippen LogP contribution in [0, 0.1) is 0 Å². The number of anilines is 1. The van der Waals surface area contributed by atoms with E-state index in [2.05, 4.69) is 21.2 Å². The van der Waals surface area contributed by atoms with E-state index < -0.39 is 0 Å². The number of ether oxygens (including phenoxy) is 1. The van der Waals surface area contributed by atoms with Gasteiger partial charge >= 0.3 is 0 Å². The molecule has 3 nitrogen and oxygen atoms in total. The molecule has 5 heteroatoms. The van der Waals surface area contributed by atoms with Gasteiger partial charge in [0.25, 0.3) is 0 Å². The predicted octanol–water partition coefficient (Wildman–Crippen LogP) is 4.26. The van der Waals surface area contributed by atoms with Crippen LogP contribution in [0.1, 0.15) is 11.6 Å². The van der Waals surface area contributed by atoms with Crippen LogP contribution < -0.4 is 10.1 Å². The molecule has 1 atom stereocenters. The van der Waals surface area contributed by atoms with E-state index in [1.807, 2.05) is 42.5 Å². The lowest BCUT2D eigenvalue weighted by Crippen LogP contribution is -2.15. The van der Waals surface area contributed by atoms with Crippen LogP contribution >= 0.6 is 27.5 Å². The SMILES string of the molecule is COc1ccc(NC(CO)c2ccc(Br)cc2Cl)cc1. The zero-order valence-corrected chi connectivity index (χ0v) is 13.3. The Hall–Kier alpha value is -1.23. The molecule has 0 heterocycles. The molecule has 20 heavy (non-hydrogen) atoms. The van der Waals surface area contributed by atoms with Crippen molar-refractivity contribution in [1.82, 2.24) is 0 Å². The second kappa shape index (κ2) is 6.97. The minimum atomic E-state index is -0.260. The molecule has 2 aromatic rings. The van der Waals surface area contributed by atoms with Gasteiger partial charge in [-0.1, -0.05) is 33.6 Å². The van der Waals surface area contributed by atoms with Crippen LogP contribution in [-0.2, 0) is 0 Å². The summed E-state index contributed by atoms with van der Waals surface area (Å²) in [6.07, 6.45) is 0. The van der Waals surface area contributed by atoms with Crippen molar-refractivity contribution in [2.45, 2.75) is 6.04 Å². The van der Waals surface area contributed by atoms with Gasteiger partial charge in [-0.05, 0) is 42.0 Å². The predicted molar refractivity (Wildman–Crippen MR) is 85.6 cm³/mol. The standard InChI is InChI=1S/C15H15BrClNO2/c1-20-12-5-3-11(4-6-12)18-15(9-19)13-7-2-10(16)8-14(13)17/h2-8,15,18-19H,9H2,1H3. The van der Waals surface area contributed by atoms with Crippen LogP contribution in [0.4, 0.5) is 5.69 Å². The minimum absolute atomic E-state index is 0.0482. The maximum absolute atomic E-state index is 9.58. The summed E-state index contributed by atoms with van der Waals surface area (Å²) in [5, 5.41) is 13.4. The van der Waals surface area contributed by atoms with Gasteiger partial charge in [-0.15, -0.1) is 0 Å². The van der Waals surface area contributed by atoms with Crippen LogP contribution in [-0.4, -0.2) is 18.8 Å². The highest BCUT2D eigenvalue weighted by atomic mass is 79.9. The summed E-state index contributed by atoms with van der Waals surface area (Å²) in [6, 6.07) is 12.9. The normalized spacial score (nSPS) is 12.0. The van der Waals surface area contributed by atoms with Gasteiger partial charge in [-0.2, -0.15) is 0 Å². The summed E-state index contributed by atoms with van der Waals surface area (Å²) in [7, 11) is 1.63. The molecule has 0 aliphatic rings. The first kappa shape index (κ1) is 15.2. The Kier molecular flexibility index (Phi) is 5.29. The molecule has 0 amide bonds. The van der Waals surface area contributed by atoms with E-state index in [9.17, 15) is 5.11 Å². The van der Waals surface area contributed by atoms with E-state index in [-0.39, 0.29) is 12.6 Å². The first-order valence-electron chi connectivity index (χ1n) is 6.10. The number of halogens is 2. The van der Waals surface area contributed by atoms with Crippen molar-refractivity contribution in [3.8, 4) is 5.75 Å². The molecule has 0 radical (unpaired) electrons. The van der Waals surface area contributed by atoms with Crippen molar-refractivity contribution >= 4 is 33.2 Å². The zero-order chi connectivity index (χ0) is 14.5. The molecule has 0 fully saturated rings. The first-order valence-corrected chi connectivity index (χ1v) is 7.27. The van der Waals surface area contributed by atoms with E-state index in [0.29, 0.717) is 5.02 Å². The van der Waals surface area contributed by atoms with E-state index in [4.69, 9.17) is 16.3 Å². The Morgan fingerprint density at radius 1 is 1.25 bits per heavy atom. The van der Waals surface area contributed by atoms with Gasteiger partial charge in [-0.3, -0.25) is 0 Å². The number of hydrogen-bond acceptors (Lipinski definition) is 3. The van der Waals surface area contributed by atoms with E-state index >= 15 is 0 Å². The monoisotopic (exact) mass is 355 g/mol. The van der Waals surface area contributed by atoms with E-state index in [1.54, 1.807) is 7.11 Å². The molecule has 106 valence electrons. The summed E-state index contributed by atoms with van der Waals surface area (Å²) >= 11 is 9.58. The summed E-state index contributed by atoms with van der Waals surface area (Å²) < 4.78 is 6.02. The molecule has 2 rings (SSSR count). The smallest absolute Gasteiger partial charge is 0.119 e. The molecule has 0 bridgehead atoms. The Bertz CT molecular complexity index is 575. The number of aliphatic hydroxyl groups is 1. The largest absolute Gasteiger partial charge is 0.497 e. The highest BCUT2D eigenvalue weighted by Crippen LogP contribution is 2.29. The number of hydrogen-bond donors (Lipinski definition) is 2. The van der Waals surface area contributed by atoms with Crippen LogP contribution in [0.5, 0.6) is 5.75 Å². The maximum Gasteiger partial charge on any atom is 0.119 e. The zero-order valence-electron chi connectivity index (χ0n) is 10.9. The summed E-state index contributed by atoms with van der Waals surface area (Å²) in [4.78, 5) is 0. The first-order chi connectivity index (χ1) is 9.63. The van der Waals surface area contributed by atoms with Crippen molar-refractivity contribution in [2.24, 2.45) is 0 Å². The summed E-state index contributed by atoms with van der Waals surface area (Å²) in [5.74, 6) is 0.790. The fourth-order valence-corrected chi connectivity index (χ4v) is 2.70. The Balaban J connectivity index is 2.19. The molecular weight excluding hydrogens is 342 g/mol. The van der Waals surface area contributed by atoms with Crippen LogP contribution in [0.15, 0.2) is 46.9 Å². The summed E-state index contributed by atoms with van der Waals surface area (Å²) in [5.41, 5.74) is 1.75. The minimum Gasteiger partial charge on any atom is -0.497 e. The second-order valence-corrected chi connectivity index (χ2v) is 5.60. The number of methoxy groups -OCH3 is 1. The third kappa shape index (κ3) is 3.66. The lowest BCUT2D eigenvalue weighted by Gasteiger charge is -2.19. The van der Waals surface area contributed by atoms with E-state index in [1.165, 1.54) is 0 Å². The molecule has 2 aromatic carbocycles. The third-order valence-corrected chi connectivity index (χ3v) is 3.77. The molecular formula is C15H15BrClNO2. The lowest BCUT2D eigenvalue weighted by molar-refractivity contribution is 0.276. The Morgan fingerprint density at radius 3 is 2.50 bits per heavy atom. The van der Waals surface area contributed by atoms with E-state index in [0.717, 1.165) is 21.5 Å². The van der Waals surface area contributed by atoms with Gasteiger partial charge in [0.1, 0.15) is 5.75 Å². The highest BCUT2D eigenvalue weighted by Gasteiger charge is 2.14. The lowest BCUT2D eigenvalue weighted by atomic mass is 10.1. The van der Waals surface area contributed by atoms with Gasteiger partial charge in [0.05, 0.1) is 19.8 Å². The van der Waals surface area contributed by atoms with Crippen molar-refractivity contribution < 1.29 is 9.84 Å². The van der Waals surface area contributed by atoms with Crippen molar-refractivity contribution in [2.75, 3.05) is 19.0 Å².